The van der Waals surface area contributed by atoms with Gasteiger partial charge in [0, 0.05) is 6.07 Å². The molecular weight excluding hydrogens is 406 g/mol. The summed E-state index contributed by atoms with van der Waals surface area (Å²) in [7, 11) is 0. The first-order valence-electron chi connectivity index (χ1n) is 7.55. The van der Waals surface area contributed by atoms with Gasteiger partial charge in [-0.1, -0.05) is 41.9 Å². The van der Waals surface area contributed by atoms with Crippen molar-refractivity contribution in [2.45, 2.75) is 13.5 Å². The fourth-order valence-corrected chi connectivity index (χ4v) is 3.47. The molecule has 0 aliphatic heterocycles. The van der Waals surface area contributed by atoms with Gasteiger partial charge in [-0.05, 0) is 57.7 Å². The minimum absolute atomic E-state index is 0.0103. The van der Waals surface area contributed by atoms with Crippen molar-refractivity contribution >= 4 is 27.5 Å². The van der Waals surface area contributed by atoms with Crippen LogP contribution in [0.5, 0.6) is 5.75 Å². The zero-order valence-corrected chi connectivity index (χ0v) is 15.7. The Hall–Kier alpha value is -2.24. The molecule has 2 aromatic carbocycles. The number of halogens is 2. The van der Waals surface area contributed by atoms with Crippen LogP contribution < -0.4 is 10.3 Å². The van der Waals surface area contributed by atoms with E-state index < -0.39 is 5.56 Å². The Bertz CT molecular complexity index is 947. The van der Waals surface area contributed by atoms with Gasteiger partial charge in [-0.2, -0.15) is 0 Å². The molecule has 0 radical (unpaired) electrons. The summed E-state index contributed by atoms with van der Waals surface area (Å²) in [5.74, 6) is 0.454. The first-order valence-corrected chi connectivity index (χ1v) is 8.72. The molecule has 0 fully saturated rings. The lowest BCUT2D eigenvalue weighted by Crippen LogP contribution is -2.22. The Morgan fingerprint density at radius 2 is 1.84 bits per heavy atom. The molecule has 6 heteroatoms. The second-order valence-corrected chi connectivity index (χ2v) is 6.86. The molecule has 128 valence electrons. The van der Waals surface area contributed by atoms with Gasteiger partial charge in [0.2, 0.25) is 0 Å². The van der Waals surface area contributed by atoms with Crippen molar-refractivity contribution in [3.8, 4) is 16.9 Å². The van der Waals surface area contributed by atoms with Crippen LogP contribution in [0.15, 0.2) is 63.9 Å². The lowest BCUT2D eigenvalue weighted by Gasteiger charge is -2.13. The SMILES string of the molecule is Cc1cc(COc2c(Cl)cc(-c3ccccc3)cc2Br)n(O)c(=O)c1. The van der Waals surface area contributed by atoms with Gasteiger partial charge in [0.15, 0.2) is 5.75 Å². The molecule has 0 spiro atoms. The number of pyridine rings is 1. The Labute approximate surface area is 158 Å². The van der Waals surface area contributed by atoms with Crippen molar-refractivity contribution in [2.24, 2.45) is 0 Å². The number of ether oxygens (including phenoxy) is 1. The largest absolute Gasteiger partial charge is 0.484 e. The third-order valence-electron chi connectivity index (χ3n) is 3.70. The van der Waals surface area contributed by atoms with Gasteiger partial charge in [-0.3, -0.25) is 4.79 Å². The first-order chi connectivity index (χ1) is 12.0. The Balaban J connectivity index is 1.88. The van der Waals surface area contributed by atoms with Crippen LogP contribution in [0.2, 0.25) is 5.02 Å². The minimum atomic E-state index is -0.497. The van der Waals surface area contributed by atoms with Crippen molar-refractivity contribution < 1.29 is 9.94 Å². The van der Waals surface area contributed by atoms with Gasteiger partial charge < -0.3 is 9.94 Å². The van der Waals surface area contributed by atoms with E-state index in [1.807, 2.05) is 42.5 Å². The summed E-state index contributed by atoms with van der Waals surface area (Å²) in [6.45, 7) is 1.79. The van der Waals surface area contributed by atoms with Crippen LogP contribution in [0.3, 0.4) is 0 Å². The van der Waals surface area contributed by atoms with Crippen LogP contribution >= 0.6 is 27.5 Å². The van der Waals surface area contributed by atoms with E-state index in [0.717, 1.165) is 16.7 Å². The molecule has 1 aromatic heterocycles. The number of rotatable bonds is 4. The van der Waals surface area contributed by atoms with Gasteiger partial charge in [-0.15, -0.1) is 4.73 Å². The molecule has 0 unspecified atom stereocenters. The quantitative estimate of drug-likeness (QED) is 0.601. The van der Waals surface area contributed by atoms with Gasteiger partial charge in [0.1, 0.15) is 6.61 Å². The maximum Gasteiger partial charge on any atom is 0.283 e. The zero-order valence-electron chi connectivity index (χ0n) is 13.4. The highest BCUT2D eigenvalue weighted by Gasteiger charge is 2.12. The summed E-state index contributed by atoms with van der Waals surface area (Å²) in [4.78, 5) is 11.6. The lowest BCUT2D eigenvalue weighted by atomic mass is 10.1. The van der Waals surface area contributed by atoms with E-state index >= 15 is 0 Å². The molecule has 1 heterocycles. The molecule has 4 nitrogen and oxygen atoms in total. The zero-order chi connectivity index (χ0) is 18.0. The third kappa shape index (κ3) is 3.89. The predicted molar refractivity (Wildman–Crippen MR) is 102 cm³/mol. The average molecular weight is 421 g/mol. The predicted octanol–water partition coefficient (Wildman–Crippen LogP) is 5.06. The molecule has 3 rings (SSSR count). The van der Waals surface area contributed by atoms with Gasteiger partial charge >= 0.3 is 0 Å². The summed E-state index contributed by atoms with van der Waals surface area (Å²) in [5, 5.41) is 10.2. The summed E-state index contributed by atoms with van der Waals surface area (Å²) >= 11 is 9.84. The fourth-order valence-electron chi connectivity index (χ4n) is 2.51. The molecule has 0 bridgehead atoms. The molecule has 1 N–H and O–H groups in total. The Morgan fingerprint density at radius 3 is 2.52 bits per heavy atom. The van der Waals surface area contributed by atoms with Crippen molar-refractivity contribution in [3.63, 3.8) is 0 Å². The van der Waals surface area contributed by atoms with Crippen LogP contribution in [0, 0.1) is 6.92 Å². The normalized spacial score (nSPS) is 10.7. The van der Waals surface area contributed by atoms with E-state index in [0.29, 0.717) is 25.7 Å². The van der Waals surface area contributed by atoms with Crippen LogP contribution in [0.4, 0.5) is 0 Å². The molecule has 0 atom stereocenters. The van der Waals surface area contributed by atoms with Crippen molar-refractivity contribution in [1.82, 2.24) is 4.73 Å². The first kappa shape index (κ1) is 17.6. The lowest BCUT2D eigenvalue weighted by molar-refractivity contribution is 0.147. The van der Waals surface area contributed by atoms with E-state index in [2.05, 4.69) is 15.9 Å². The van der Waals surface area contributed by atoms with Crippen molar-refractivity contribution in [3.05, 3.63) is 85.7 Å². The fraction of sp³-hybridized carbons (Fsp3) is 0.105. The third-order valence-corrected chi connectivity index (χ3v) is 4.57. The Kier molecular flexibility index (Phi) is 5.16. The van der Waals surface area contributed by atoms with Crippen LogP contribution in [0.1, 0.15) is 11.3 Å². The van der Waals surface area contributed by atoms with E-state index in [1.165, 1.54) is 6.07 Å². The highest BCUT2D eigenvalue weighted by atomic mass is 79.9. The molecule has 25 heavy (non-hydrogen) atoms. The standard InChI is InChI=1S/C19H15BrClNO3/c1-12-7-15(22(24)18(23)8-12)11-25-19-16(20)9-14(10-17(19)21)13-5-3-2-4-6-13/h2-10,24H,11H2,1H3. The molecule has 0 aliphatic rings. The number of hydrogen-bond donors (Lipinski definition) is 1. The molecule has 0 saturated carbocycles. The Morgan fingerprint density at radius 1 is 1.12 bits per heavy atom. The highest BCUT2D eigenvalue weighted by Crippen LogP contribution is 2.38. The second kappa shape index (κ2) is 7.33. The molecular formula is C19H15BrClNO3. The number of benzene rings is 2. The van der Waals surface area contributed by atoms with Crippen LogP contribution in [0.25, 0.3) is 11.1 Å². The highest BCUT2D eigenvalue weighted by molar-refractivity contribution is 9.10. The van der Waals surface area contributed by atoms with E-state index in [-0.39, 0.29) is 6.61 Å². The maximum atomic E-state index is 11.6. The van der Waals surface area contributed by atoms with E-state index in [4.69, 9.17) is 16.3 Å². The minimum Gasteiger partial charge on any atom is -0.484 e. The number of nitrogens with zero attached hydrogens (tertiary/aromatic N) is 1. The van der Waals surface area contributed by atoms with Gasteiger partial charge in [-0.25, -0.2) is 0 Å². The van der Waals surface area contributed by atoms with Gasteiger partial charge in [0.25, 0.3) is 5.56 Å². The summed E-state index contributed by atoms with van der Waals surface area (Å²) in [6, 6.07) is 16.6. The molecule has 0 saturated heterocycles. The summed E-state index contributed by atoms with van der Waals surface area (Å²) < 4.78 is 7.01. The number of aryl methyl sites for hydroxylation is 1. The summed E-state index contributed by atoms with van der Waals surface area (Å²) in [6.07, 6.45) is 0. The average Bonchev–Trinajstić information content (AvgIpc) is 2.58. The van der Waals surface area contributed by atoms with E-state index in [9.17, 15) is 10.0 Å². The maximum absolute atomic E-state index is 11.6. The molecule has 0 amide bonds. The van der Waals surface area contributed by atoms with Gasteiger partial charge in [0.05, 0.1) is 15.2 Å². The second-order valence-electron chi connectivity index (χ2n) is 5.60. The molecule has 3 aromatic rings. The topological polar surface area (TPSA) is 51.5 Å². The van der Waals surface area contributed by atoms with Crippen molar-refractivity contribution in [2.75, 3.05) is 0 Å². The number of aromatic nitrogens is 1. The molecule has 0 aliphatic carbocycles. The van der Waals surface area contributed by atoms with Crippen LogP contribution in [-0.2, 0) is 6.61 Å². The monoisotopic (exact) mass is 419 g/mol. The van der Waals surface area contributed by atoms with Crippen molar-refractivity contribution in [1.29, 1.82) is 0 Å². The summed E-state index contributed by atoms with van der Waals surface area (Å²) in [5.41, 5.74) is 2.60. The van der Waals surface area contributed by atoms with Crippen LogP contribution in [-0.4, -0.2) is 9.94 Å². The number of hydrogen-bond acceptors (Lipinski definition) is 3. The smallest absolute Gasteiger partial charge is 0.283 e. The van der Waals surface area contributed by atoms with E-state index in [1.54, 1.807) is 13.0 Å².